The monoisotopic (exact) mass is 606 g/mol. The Bertz CT molecular complexity index is 1390. The van der Waals surface area contributed by atoms with Gasteiger partial charge in [0, 0.05) is 0 Å². The maximum absolute atomic E-state index is 12.8. The Labute approximate surface area is 270 Å². The van der Waals surface area contributed by atoms with E-state index in [1.807, 2.05) is 72.8 Å². The minimum atomic E-state index is -0.377. The van der Waals surface area contributed by atoms with Crippen LogP contribution in [0.1, 0.15) is 102 Å². The normalized spacial score (nSPS) is 11.6. The predicted octanol–water partition coefficient (Wildman–Crippen LogP) is 11.7. The number of esters is 1. The van der Waals surface area contributed by atoms with Gasteiger partial charge in [-0.25, -0.2) is 4.79 Å². The number of hydrogen-bond acceptors (Lipinski definition) is 4. The molecule has 4 aromatic carbocycles. The Morgan fingerprint density at radius 1 is 0.533 bits per heavy atom. The SMILES string of the molecule is CCCCCCCCOc1ccc(-c2ccc(C(=O)Oc3ccc(-c4ccc(O[C@@H](C)CCCCCC)cc4)cc3)cc2)cc1. The van der Waals surface area contributed by atoms with Gasteiger partial charge in [-0.05, 0) is 97.0 Å². The highest BCUT2D eigenvalue weighted by atomic mass is 16.5. The van der Waals surface area contributed by atoms with Crippen LogP contribution in [0, 0.1) is 0 Å². The first-order chi connectivity index (χ1) is 22.1. The second-order valence-corrected chi connectivity index (χ2v) is 11.9. The molecule has 4 aromatic rings. The summed E-state index contributed by atoms with van der Waals surface area (Å²) in [5, 5.41) is 0. The van der Waals surface area contributed by atoms with Crippen LogP contribution in [0.25, 0.3) is 22.3 Å². The van der Waals surface area contributed by atoms with E-state index in [0.29, 0.717) is 11.3 Å². The number of carbonyl (C=O) groups excluding carboxylic acids is 1. The van der Waals surface area contributed by atoms with Crippen molar-refractivity contribution in [2.45, 2.75) is 97.5 Å². The molecule has 0 unspecified atom stereocenters. The first kappa shape index (κ1) is 33.8. The van der Waals surface area contributed by atoms with Gasteiger partial charge in [0.15, 0.2) is 0 Å². The van der Waals surface area contributed by atoms with E-state index in [2.05, 4.69) is 45.0 Å². The quantitative estimate of drug-likeness (QED) is 0.0605. The van der Waals surface area contributed by atoms with Crippen molar-refractivity contribution in [1.29, 1.82) is 0 Å². The topological polar surface area (TPSA) is 44.8 Å². The van der Waals surface area contributed by atoms with Crippen molar-refractivity contribution in [3.8, 4) is 39.5 Å². The van der Waals surface area contributed by atoms with Crippen LogP contribution in [0.5, 0.6) is 17.2 Å². The summed E-state index contributed by atoms with van der Waals surface area (Å²) < 4.78 is 17.7. The molecule has 0 aliphatic heterocycles. The van der Waals surface area contributed by atoms with Gasteiger partial charge in [0.05, 0.1) is 18.3 Å². The lowest BCUT2D eigenvalue weighted by Crippen LogP contribution is -2.11. The molecule has 0 aliphatic carbocycles. The van der Waals surface area contributed by atoms with Gasteiger partial charge in [-0.2, -0.15) is 0 Å². The Morgan fingerprint density at radius 2 is 0.978 bits per heavy atom. The number of unbranched alkanes of at least 4 members (excludes halogenated alkanes) is 8. The van der Waals surface area contributed by atoms with Crippen LogP contribution in [0.3, 0.4) is 0 Å². The third kappa shape index (κ3) is 11.4. The van der Waals surface area contributed by atoms with Crippen LogP contribution >= 0.6 is 0 Å². The summed E-state index contributed by atoms with van der Waals surface area (Å²) in [7, 11) is 0. The fourth-order valence-electron chi connectivity index (χ4n) is 5.37. The maximum atomic E-state index is 12.8. The van der Waals surface area contributed by atoms with Crippen LogP contribution in [-0.4, -0.2) is 18.7 Å². The second kappa shape index (κ2) is 18.7. The average Bonchev–Trinajstić information content (AvgIpc) is 3.07. The third-order valence-corrected chi connectivity index (χ3v) is 8.13. The minimum Gasteiger partial charge on any atom is -0.494 e. The van der Waals surface area contributed by atoms with Gasteiger partial charge in [-0.1, -0.05) is 114 Å². The summed E-state index contributed by atoms with van der Waals surface area (Å²) >= 11 is 0. The van der Waals surface area contributed by atoms with Gasteiger partial charge < -0.3 is 14.2 Å². The van der Waals surface area contributed by atoms with Crippen LogP contribution < -0.4 is 14.2 Å². The fraction of sp³-hybridized carbons (Fsp3) is 0.390. The number of benzene rings is 4. The van der Waals surface area contributed by atoms with Gasteiger partial charge in [0.1, 0.15) is 17.2 Å². The van der Waals surface area contributed by atoms with Gasteiger partial charge in [0.2, 0.25) is 0 Å². The van der Waals surface area contributed by atoms with Crippen molar-refractivity contribution in [2.75, 3.05) is 6.61 Å². The van der Waals surface area contributed by atoms with E-state index in [4.69, 9.17) is 14.2 Å². The molecular formula is C41H50O4. The number of carbonyl (C=O) groups is 1. The maximum Gasteiger partial charge on any atom is 0.343 e. The molecule has 0 spiro atoms. The van der Waals surface area contributed by atoms with E-state index in [0.717, 1.165) is 53.2 Å². The van der Waals surface area contributed by atoms with E-state index in [9.17, 15) is 4.79 Å². The first-order valence-electron chi connectivity index (χ1n) is 17.0. The zero-order chi connectivity index (χ0) is 31.7. The van der Waals surface area contributed by atoms with Crippen molar-refractivity contribution in [3.63, 3.8) is 0 Å². The Kier molecular flexibility index (Phi) is 14.1. The summed E-state index contributed by atoms with van der Waals surface area (Å²) in [6.45, 7) is 7.37. The molecule has 0 fully saturated rings. The van der Waals surface area contributed by atoms with E-state index in [1.165, 1.54) is 57.8 Å². The van der Waals surface area contributed by atoms with Gasteiger partial charge in [-0.3, -0.25) is 0 Å². The summed E-state index contributed by atoms with van der Waals surface area (Å²) in [6, 6.07) is 31.5. The Hall–Kier alpha value is -4.05. The number of rotatable bonds is 19. The lowest BCUT2D eigenvalue weighted by molar-refractivity contribution is 0.0734. The summed E-state index contributed by atoms with van der Waals surface area (Å²) in [5.41, 5.74) is 4.77. The van der Waals surface area contributed by atoms with Gasteiger partial charge in [-0.15, -0.1) is 0 Å². The number of ether oxygens (including phenoxy) is 3. The molecule has 0 saturated carbocycles. The summed E-state index contributed by atoms with van der Waals surface area (Å²) in [4.78, 5) is 12.8. The first-order valence-corrected chi connectivity index (χ1v) is 17.0. The molecule has 1 atom stereocenters. The summed E-state index contributed by atoms with van der Waals surface area (Å²) in [6.07, 6.45) is 13.8. The molecule has 0 bridgehead atoms. The van der Waals surface area contributed by atoms with Crippen LogP contribution in [-0.2, 0) is 0 Å². The zero-order valence-electron chi connectivity index (χ0n) is 27.4. The molecule has 0 saturated heterocycles. The Balaban J connectivity index is 1.23. The van der Waals surface area contributed by atoms with Crippen molar-refractivity contribution < 1.29 is 19.0 Å². The molecule has 238 valence electrons. The highest BCUT2D eigenvalue weighted by Crippen LogP contribution is 2.27. The van der Waals surface area contributed by atoms with Crippen molar-refractivity contribution in [1.82, 2.24) is 0 Å². The van der Waals surface area contributed by atoms with E-state index < -0.39 is 0 Å². The molecule has 0 N–H and O–H groups in total. The largest absolute Gasteiger partial charge is 0.494 e. The zero-order valence-corrected chi connectivity index (χ0v) is 27.4. The molecule has 0 radical (unpaired) electrons. The molecule has 0 heterocycles. The molecule has 0 aromatic heterocycles. The summed E-state index contributed by atoms with van der Waals surface area (Å²) in [5.74, 6) is 1.92. The predicted molar refractivity (Wildman–Crippen MR) is 186 cm³/mol. The molecule has 4 nitrogen and oxygen atoms in total. The van der Waals surface area contributed by atoms with Crippen molar-refractivity contribution in [3.05, 3.63) is 103 Å². The molecule has 4 heteroatoms. The van der Waals surface area contributed by atoms with E-state index in [1.54, 1.807) is 0 Å². The third-order valence-electron chi connectivity index (χ3n) is 8.13. The van der Waals surface area contributed by atoms with Gasteiger partial charge >= 0.3 is 5.97 Å². The minimum absolute atomic E-state index is 0.212. The lowest BCUT2D eigenvalue weighted by Gasteiger charge is -2.15. The van der Waals surface area contributed by atoms with Crippen molar-refractivity contribution >= 4 is 5.97 Å². The van der Waals surface area contributed by atoms with Crippen LogP contribution in [0.4, 0.5) is 0 Å². The van der Waals surface area contributed by atoms with Crippen LogP contribution in [0.15, 0.2) is 97.1 Å². The van der Waals surface area contributed by atoms with Crippen molar-refractivity contribution in [2.24, 2.45) is 0 Å². The fourth-order valence-corrected chi connectivity index (χ4v) is 5.37. The molecule has 45 heavy (non-hydrogen) atoms. The standard InChI is InChI=1S/C41H50O4/c1-4-6-8-10-11-13-31-43-38-25-19-34(20-26-38)33-15-17-37(18-16-33)41(42)45-40-29-23-36(24-30-40)35-21-27-39(28-22-35)44-32(3)14-12-9-7-5-2/h15-30,32H,4-14,31H2,1-3H3/t32-/m0/s1. The molecule has 0 amide bonds. The van der Waals surface area contributed by atoms with E-state index in [-0.39, 0.29) is 12.1 Å². The average molecular weight is 607 g/mol. The van der Waals surface area contributed by atoms with E-state index >= 15 is 0 Å². The molecule has 0 aliphatic rings. The highest BCUT2D eigenvalue weighted by Gasteiger charge is 2.10. The van der Waals surface area contributed by atoms with Gasteiger partial charge in [0.25, 0.3) is 0 Å². The molecule has 4 rings (SSSR count). The molecular weight excluding hydrogens is 556 g/mol. The highest BCUT2D eigenvalue weighted by molar-refractivity contribution is 5.91. The number of hydrogen-bond donors (Lipinski definition) is 0. The second-order valence-electron chi connectivity index (χ2n) is 11.9. The lowest BCUT2D eigenvalue weighted by atomic mass is 10.0. The smallest absolute Gasteiger partial charge is 0.343 e. The van der Waals surface area contributed by atoms with Crippen LogP contribution in [0.2, 0.25) is 0 Å². The Morgan fingerprint density at radius 3 is 1.53 bits per heavy atom.